The summed E-state index contributed by atoms with van der Waals surface area (Å²) in [6.07, 6.45) is 0.187. The first kappa shape index (κ1) is 17.4. The van der Waals surface area contributed by atoms with Gasteiger partial charge in [0.1, 0.15) is 5.75 Å². The van der Waals surface area contributed by atoms with Gasteiger partial charge < -0.3 is 15.0 Å². The molecule has 0 radical (unpaired) electrons. The molecule has 1 aliphatic heterocycles. The third kappa shape index (κ3) is 3.51. The lowest BCUT2D eigenvalue weighted by Crippen LogP contribution is -2.28. The van der Waals surface area contributed by atoms with Crippen LogP contribution in [0.15, 0.2) is 18.2 Å². The number of nitrogens with zero attached hydrogens (tertiary/aromatic N) is 2. The largest absolute Gasteiger partial charge is 0.495 e. The Morgan fingerprint density at radius 1 is 1.36 bits per heavy atom. The number of carbonyl (C=O) groups excluding carboxylic acids is 2. The van der Waals surface area contributed by atoms with Crippen LogP contribution in [0.5, 0.6) is 5.75 Å². The third-order valence-corrected chi connectivity index (χ3v) is 5.37. The monoisotopic (exact) mass is 359 g/mol. The van der Waals surface area contributed by atoms with Gasteiger partial charge in [0.2, 0.25) is 11.8 Å². The van der Waals surface area contributed by atoms with Gasteiger partial charge >= 0.3 is 0 Å². The number of hydrogen-bond acceptors (Lipinski definition) is 5. The van der Waals surface area contributed by atoms with Crippen LogP contribution in [-0.2, 0) is 9.59 Å². The minimum absolute atomic E-state index is 0.0736. The van der Waals surface area contributed by atoms with Gasteiger partial charge in [0.05, 0.1) is 24.4 Å². The van der Waals surface area contributed by atoms with E-state index in [1.165, 1.54) is 11.3 Å². The van der Waals surface area contributed by atoms with Crippen molar-refractivity contribution in [3.05, 3.63) is 34.3 Å². The molecule has 1 unspecified atom stereocenters. The zero-order valence-corrected chi connectivity index (χ0v) is 15.6. The molecule has 132 valence electrons. The van der Waals surface area contributed by atoms with Gasteiger partial charge in [-0.15, -0.1) is 11.3 Å². The van der Waals surface area contributed by atoms with E-state index < -0.39 is 5.92 Å². The van der Waals surface area contributed by atoms with Gasteiger partial charge in [0.15, 0.2) is 5.13 Å². The molecule has 1 fully saturated rings. The topological polar surface area (TPSA) is 71.5 Å². The van der Waals surface area contributed by atoms with Gasteiger partial charge in [-0.1, -0.05) is 6.07 Å². The van der Waals surface area contributed by atoms with Gasteiger partial charge in [-0.2, -0.15) is 0 Å². The molecule has 25 heavy (non-hydrogen) atoms. The van der Waals surface area contributed by atoms with Crippen molar-refractivity contribution in [3.63, 3.8) is 0 Å². The lowest BCUT2D eigenvalue weighted by molar-refractivity contribution is -0.122. The average Bonchev–Trinajstić information content (AvgIpc) is 3.10. The third-order valence-electron chi connectivity index (χ3n) is 4.38. The maximum atomic E-state index is 12.5. The second-order valence-electron chi connectivity index (χ2n) is 6.23. The maximum absolute atomic E-state index is 12.5. The molecular weight excluding hydrogens is 338 g/mol. The van der Waals surface area contributed by atoms with Crippen molar-refractivity contribution in [1.29, 1.82) is 0 Å². The Balaban J connectivity index is 1.76. The van der Waals surface area contributed by atoms with Crippen molar-refractivity contribution >= 4 is 34.0 Å². The first-order valence-electron chi connectivity index (χ1n) is 8.09. The van der Waals surface area contributed by atoms with Crippen LogP contribution in [0.3, 0.4) is 0 Å². The second kappa shape index (κ2) is 6.84. The van der Waals surface area contributed by atoms with E-state index in [1.807, 2.05) is 39.0 Å². The molecule has 1 saturated heterocycles. The molecule has 0 spiro atoms. The quantitative estimate of drug-likeness (QED) is 0.911. The summed E-state index contributed by atoms with van der Waals surface area (Å²) >= 11 is 1.45. The van der Waals surface area contributed by atoms with Gasteiger partial charge in [-0.05, 0) is 38.5 Å². The van der Waals surface area contributed by atoms with E-state index in [0.717, 1.165) is 16.1 Å². The van der Waals surface area contributed by atoms with Gasteiger partial charge in [0, 0.05) is 17.8 Å². The molecule has 1 aromatic carbocycles. The Morgan fingerprint density at radius 2 is 2.12 bits per heavy atom. The molecule has 1 atom stereocenters. The predicted octanol–water partition coefficient (Wildman–Crippen LogP) is 3.07. The zero-order chi connectivity index (χ0) is 18.1. The number of carbonyl (C=O) groups is 2. The molecule has 1 aliphatic rings. The Kier molecular flexibility index (Phi) is 4.76. The highest BCUT2D eigenvalue weighted by Crippen LogP contribution is 2.34. The summed E-state index contributed by atoms with van der Waals surface area (Å²) in [5.74, 6) is -0.0137. The maximum Gasteiger partial charge on any atom is 0.231 e. The fraction of sp³-hybridized carbons (Fsp3) is 0.389. The summed E-state index contributed by atoms with van der Waals surface area (Å²) in [4.78, 5) is 32.0. The van der Waals surface area contributed by atoms with Gasteiger partial charge in [-0.25, -0.2) is 4.98 Å². The summed E-state index contributed by atoms with van der Waals surface area (Å²) < 4.78 is 5.37. The predicted molar refractivity (Wildman–Crippen MR) is 98.4 cm³/mol. The fourth-order valence-electron chi connectivity index (χ4n) is 2.86. The molecule has 2 heterocycles. The second-order valence-corrected chi connectivity index (χ2v) is 7.43. The number of aromatic nitrogens is 1. The highest BCUT2D eigenvalue weighted by Gasteiger charge is 2.36. The first-order valence-corrected chi connectivity index (χ1v) is 8.90. The molecule has 7 heteroatoms. The van der Waals surface area contributed by atoms with Crippen molar-refractivity contribution in [1.82, 2.24) is 4.98 Å². The molecule has 1 aromatic heterocycles. The zero-order valence-electron chi connectivity index (χ0n) is 14.8. The first-order chi connectivity index (χ1) is 11.9. The Hall–Kier alpha value is -2.41. The van der Waals surface area contributed by atoms with Crippen LogP contribution < -0.4 is 15.0 Å². The Bertz CT molecular complexity index is 811. The van der Waals surface area contributed by atoms with Crippen LogP contribution in [0.4, 0.5) is 10.8 Å². The summed E-state index contributed by atoms with van der Waals surface area (Å²) in [5.41, 5.74) is 2.66. The van der Waals surface area contributed by atoms with E-state index >= 15 is 0 Å². The van der Waals surface area contributed by atoms with Crippen molar-refractivity contribution in [3.8, 4) is 5.75 Å². The van der Waals surface area contributed by atoms with E-state index in [0.29, 0.717) is 23.1 Å². The average molecular weight is 359 g/mol. The van der Waals surface area contributed by atoms with E-state index in [1.54, 1.807) is 12.0 Å². The van der Waals surface area contributed by atoms with E-state index in [9.17, 15) is 9.59 Å². The van der Waals surface area contributed by atoms with Crippen LogP contribution in [0.1, 0.15) is 22.6 Å². The normalized spacial score (nSPS) is 17.0. The summed E-state index contributed by atoms with van der Waals surface area (Å²) in [6.45, 7) is 6.18. The Morgan fingerprint density at radius 3 is 2.76 bits per heavy atom. The van der Waals surface area contributed by atoms with E-state index in [4.69, 9.17) is 4.74 Å². The SMILES string of the molecule is COc1ccc(C)cc1N1CC(C(=O)Nc2nc(C)c(C)s2)CC1=O. The van der Waals surface area contributed by atoms with Gasteiger partial charge in [-0.3, -0.25) is 9.59 Å². The van der Waals surface area contributed by atoms with Crippen molar-refractivity contribution < 1.29 is 14.3 Å². The lowest BCUT2D eigenvalue weighted by Gasteiger charge is -2.20. The number of methoxy groups -OCH3 is 1. The summed E-state index contributed by atoms with van der Waals surface area (Å²) in [7, 11) is 1.58. The van der Waals surface area contributed by atoms with Crippen LogP contribution in [0.2, 0.25) is 0 Å². The number of hydrogen-bond donors (Lipinski definition) is 1. The number of rotatable bonds is 4. The summed E-state index contributed by atoms with van der Waals surface area (Å²) in [5, 5.41) is 3.42. The van der Waals surface area contributed by atoms with Crippen LogP contribution in [-0.4, -0.2) is 30.5 Å². The number of nitrogens with one attached hydrogen (secondary N) is 1. The molecule has 2 aromatic rings. The number of anilines is 2. The molecule has 2 amide bonds. The molecule has 6 nitrogen and oxygen atoms in total. The van der Waals surface area contributed by atoms with E-state index in [2.05, 4.69) is 10.3 Å². The number of thiazole rings is 1. The number of aryl methyl sites for hydroxylation is 3. The standard InChI is InChI=1S/C18H21N3O3S/c1-10-5-6-15(24-4)14(7-10)21-9-13(8-16(21)22)17(23)20-18-19-11(2)12(3)25-18/h5-7,13H,8-9H2,1-4H3,(H,19,20,23). The highest BCUT2D eigenvalue weighted by molar-refractivity contribution is 7.15. The molecule has 0 aliphatic carbocycles. The minimum Gasteiger partial charge on any atom is -0.495 e. The van der Waals surface area contributed by atoms with Crippen molar-refractivity contribution in [2.24, 2.45) is 5.92 Å². The fourth-order valence-corrected chi connectivity index (χ4v) is 3.68. The smallest absolute Gasteiger partial charge is 0.231 e. The minimum atomic E-state index is -0.401. The molecule has 1 N–H and O–H groups in total. The number of benzene rings is 1. The van der Waals surface area contributed by atoms with E-state index in [-0.39, 0.29) is 18.2 Å². The molecule has 3 rings (SSSR count). The number of amides is 2. The van der Waals surface area contributed by atoms with Crippen LogP contribution in [0.25, 0.3) is 0 Å². The molecule has 0 bridgehead atoms. The lowest BCUT2D eigenvalue weighted by atomic mass is 10.1. The molecular formula is C18H21N3O3S. The van der Waals surface area contributed by atoms with Crippen LogP contribution >= 0.6 is 11.3 Å². The van der Waals surface area contributed by atoms with Crippen molar-refractivity contribution in [2.75, 3.05) is 23.9 Å². The van der Waals surface area contributed by atoms with Crippen molar-refractivity contribution in [2.45, 2.75) is 27.2 Å². The molecule has 0 saturated carbocycles. The summed E-state index contributed by atoms with van der Waals surface area (Å²) in [6, 6.07) is 5.68. The highest BCUT2D eigenvalue weighted by atomic mass is 32.1. The van der Waals surface area contributed by atoms with Crippen LogP contribution in [0, 0.1) is 26.7 Å². The van der Waals surface area contributed by atoms with Gasteiger partial charge in [0.25, 0.3) is 0 Å². The number of ether oxygens (including phenoxy) is 1. The Labute approximate surface area is 150 Å².